The topological polar surface area (TPSA) is 83.9 Å². The Morgan fingerprint density at radius 1 is 1.19 bits per heavy atom. The van der Waals surface area contributed by atoms with Crippen molar-refractivity contribution in [3.05, 3.63) is 45.5 Å². The van der Waals surface area contributed by atoms with Gasteiger partial charge in [0, 0.05) is 47.8 Å². The largest absolute Gasteiger partial charge is 0.464 e. The van der Waals surface area contributed by atoms with Gasteiger partial charge in [0.15, 0.2) is 0 Å². The highest BCUT2D eigenvalue weighted by atomic mass is 16.4. The average Bonchev–Trinajstić information content (AvgIpc) is 3.11. The fourth-order valence-corrected chi connectivity index (χ4v) is 5.51. The fourth-order valence-electron chi connectivity index (χ4n) is 5.51. The highest BCUT2D eigenvalue weighted by Crippen LogP contribution is 2.40. The molecule has 164 valence electrons. The highest BCUT2D eigenvalue weighted by Gasteiger charge is 2.43. The van der Waals surface area contributed by atoms with E-state index in [-0.39, 0.29) is 23.9 Å². The van der Waals surface area contributed by atoms with Crippen LogP contribution in [0.1, 0.15) is 55.2 Å². The van der Waals surface area contributed by atoms with Gasteiger partial charge in [-0.1, -0.05) is 12.8 Å². The van der Waals surface area contributed by atoms with Crippen LogP contribution in [0.5, 0.6) is 0 Å². The number of fused-ring (bicyclic) bond motifs is 3. The Bertz CT molecular complexity index is 1220. The third-order valence-electron chi connectivity index (χ3n) is 7.54. The van der Waals surface area contributed by atoms with Crippen LogP contribution in [-0.2, 0) is 11.2 Å². The Balaban J connectivity index is 1.35. The Kier molecular flexibility index (Phi) is 4.93. The lowest BCUT2D eigenvalue weighted by Gasteiger charge is -2.47. The van der Waals surface area contributed by atoms with E-state index in [1.807, 2.05) is 24.8 Å². The Hall–Kier alpha value is -2.60. The van der Waals surface area contributed by atoms with Crippen LogP contribution in [0.15, 0.2) is 32.0 Å². The number of amides is 1. The molecule has 0 spiro atoms. The number of nitrogens with zero attached hydrogens (tertiary/aromatic N) is 1. The minimum atomic E-state index is -0.596. The molecule has 2 atom stereocenters. The predicted octanol–water partition coefficient (Wildman–Crippen LogP) is 4.24. The minimum Gasteiger partial charge on any atom is -0.464 e. The van der Waals surface area contributed by atoms with E-state index in [1.165, 1.54) is 0 Å². The van der Waals surface area contributed by atoms with E-state index in [0.717, 1.165) is 47.6 Å². The number of carbonyl (C=O) groups excluding carboxylic acids is 1. The van der Waals surface area contributed by atoms with Crippen LogP contribution < -0.4 is 5.63 Å². The van der Waals surface area contributed by atoms with Crippen LogP contribution in [0.4, 0.5) is 0 Å². The first-order chi connectivity index (χ1) is 14.9. The molecule has 1 saturated carbocycles. The molecule has 1 N–H and O–H groups in total. The maximum Gasteiger partial charge on any atom is 0.339 e. The van der Waals surface area contributed by atoms with Gasteiger partial charge < -0.3 is 18.8 Å². The number of aliphatic hydroxyl groups is 1. The molecule has 3 aromatic rings. The monoisotopic (exact) mass is 423 g/mol. The van der Waals surface area contributed by atoms with Crippen LogP contribution in [0, 0.1) is 19.8 Å². The van der Waals surface area contributed by atoms with Crippen molar-refractivity contribution in [2.24, 2.45) is 5.92 Å². The van der Waals surface area contributed by atoms with Crippen LogP contribution in [-0.4, -0.2) is 34.6 Å². The van der Waals surface area contributed by atoms with Crippen molar-refractivity contribution in [1.29, 1.82) is 0 Å². The summed E-state index contributed by atoms with van der Waals surface area (Å²) in [6.45, 7) is 5.12. The second kappa shape index (κ2) is 7.52. The van der Waals surface area contributed by atoms with Crippen molar-refractivity contribution in [1.82, 2.24) is 4.90 Å². The summed E-state index contributed by atoms with van der Waals surface area (Å²) in [5, 5.41) is 12.7. The first-order valence-corrected chi connectivity index (χ1v) is 11.3. The van der Waals surface area contributed by atoms with Gasteiger partial charge >= 0.3 is 5.63 Å². The lowest BCUT2D eigenvalue weighted by atomic mass is 9.71. The second-order valence-corrected chi connectivity index (χ2v) is 9.39. The molecule has 0 bridgehead atoms. The highest BCUT2D eigenvalue weighted by molar-refractivity contribution is 5.96. The first kappa shape index (κ1) is 20.3. The van der Waals surface area contributed by atoms with Gasteiger partial charge in [-0.2, -0.15) is 0 Å². The third kappa shape index (κ3) is 3.47. The Labute approximate surface area is 180 Å². The van der Waals surface area contributed by atoms with Crippen molar-refractivity contribution >= 4 is 27.8 Å². The zero-order chi connectivity index (χ0) is 21.8. The zero-order valence-corrected chi connectivity index (χ0v) is 18.2. The quantitative estimate of drug-likeness (QED) is 0.637. The summed E-state index contributed by atoms with van der Waals surface area (Å²) in [5.41, 5.74) is 2.68. The summed E-state index contributed by atoms with van der Waals surface area (Å²) in [5.74, 6) is 0.222. The van der Waals surface area contributed by atoms with E-state index in [1.54, 1.807) is 12.3 Å². The third-order valence-corrected chi connectivity index (χ3v) is 7.54. The molecule has 1 aliphatic heterocycles. The molecule has 6 heteroatoms. The van der Waals surface area contributed by atoms with Crippen molar-refractivity contribution < 1.29 is 18.7 Å². The number of hydrogen-bond acceptors (Lipinski definition) is 5. The van der Waals surface area contributed by atoms with Gasteiger partial charge in [0.2, 0.25) is 5.91 Å². The van der Waals surface area contributed by atoms with Crippen LogP contribution in [0.2, 0.25) is 0 Å². The van der Waals surface area contributed by atoms with E-state index in [9.17, 15) is 14.7 Å². The molecule has 1 amide bonds. The van der Waals surface area contributed by atoms with Crippen molar-refractivity contribution in [3.63, 3.8) is 0 Å². The number of rotatable bonds is 3. The summed E-state index contributed by atoms with van der Waals surface area (Å²) in [7, 11) is 0. The van der Waals surface area contributed by atoms with E-state index >= 15 is 0 Å². The normalized spacial score (nSPS) is 24.0. The van der Waals surface area contributed by atoms with E-state index < -0.39 is 5.60 Å². The molecule has 2 aliphatic rings. The lowest BCUT2D eigenvalue weighted by molar-refractivity contribution is -0.143. The summed E-state index contributed by atoms with van der Waals surface area (Å²) in [6.07, 6.45) is 7.00. The van der Waals surface area contributed by atoms with Crippen molar-refractivity contribution in [2.75, 3.05) is 13.1 Å². The smallest absolute Gasteiger partial charge is 0.339 e. The van der Waals surface area contributed by atoms with Crippen molar-refractivity contribution in [3.8, 4) is 0 Å². The standard InChI is InChI=1S/C25H29NO5/c1-15-14-30-21-12-22-20(11-19(15)21)16(2)18(24(28)31-22)6-7-23(27)26-10-9-25(29)8-4-3-5-17(25)13-26/h11-12,14,17,29H,3-10,13H2,1-2H3/t17-,25-/m0/s1. The second-order valence-electron chi connectivity index (χ2n) is 9.39. The molecular weight excluding hydrogens is 394 g/mol. The van der Waals surface area contributed by atoms with Crippen molar-refractivity contribution in [2.45, 2.75) is 64.4 Å². The van der Waals surface area contributed by atoms with E-state index in [2.05, 4.69) is 0 Å². The molecule has 3 heterocycles. The number of benzene rings is 1. The van der Waals surface area contributed by atoms with Crippen LogP contribution in [0.3, 0.4) is 0 Å². The summed E-state index contributed by atoms with van der Waals surface area (Å²) < 4.78 is 11.1. The lowest BCUT2D eigenvalue weighted by Crippen LogP contribution is -2.54. The van der Waals surface area contributed by atoms with Gasteiger partial charge in [-0.15, -0.1) is 0 Å². The predicted molar refractivity (Wildman–Crippen MR) is 118 cm³/mol. The number of furan rings is 1. The molecule has 2 fully saturated rings. The first-order valence-electron chi connectivity index (χ1n) is 11.3. The van der Waals surface area contributed by atoms with Gasteiger partial charge in [-0.25, -0.2) is 4.79 Å². The summed E-state index contributed by atoms with van der Waals surface area (Å²) in [6, 6.07) is 3.77. The Morgan fingerprint density at radius 3 is 2.87 bits per heavy atom. The van der Waals surface area contributed by atoms with Gasteiger partial charge in [-0.05, 0) is 56.7 Å². The maximum absolute atomic E-state index is 12.9. The Morgan fingerprint density at radius 2 is 2.03 bits per heavy atom. The molecule has 6 nitrogen and oxygen atoms in total. The molecule has 1 aliphatic carbocycles. The number of likely N-dealkylation sites (tertiary alicyclic amines) is 1. The van der Waals surface area contributed by atoms with E-state index in [0.29, 0.717) is 42.7 Å². The molecule has 0 radical (unpaired) electrons. The molecule has 1 aromatic carbocycles. The minimum absolute atomic E-state index is 0.0488. The zero-order valence-electron chi connectivity index (χ0n) is 18.2. The maximum atomic E-state index is 12.9. The molecule has 2 aromatic heterocycles. The fraction of sp³-hybridized carbons (Fsp3) is 0.520. The number of carbonyl (C=O) groups is 1. The summed E-state index contributed by atoms with van der Waals surface area (Å²) in [4.78, 5) is 27.5. The number of piperidine rings is 1. The van der Waals surface area contributed by atoms with Crippen LogP contribution >= 0.6 is 0 Å². The van der Waals surface area contributed by atoms with Crippen LogP contribution in [0.25, 0.3) is 21.9 Å². The number of hydrogen-bond donors (Lipinski definition) is 1. The molecule has 5 rings (SSSR count). The van der Waals surface area contributed by atoms with E-state index in [4.69, 9.17) is 8.83 Å². The number of aryl methyl sites for hydroxylation is 2. The molecular formula is C25H29NO5. The summed E-state index contributed by atoms with van der Waals surface area (Å²) >= 11 is 0. The average molecular weight is 424 g/mol. The molecule has 31 heavy (non-hydrogen) atoms. The van der Waals surface area contributed by atoms with Gasteiger partial charge in [0.25, 0.3) is 0 Å². The molecule has 0 unspecified atom stereocenters. The van der Waals surface area contributed by atoms with Gasteiger partial charge in [0.05, 0.1) is 11.9 Å². The van der Waals surface area contributed by atoms with Gasteiger partial charge in [0.1, 0.15) is 11.2 Å². The molecule has 1 saturated heterocycles. The van der Waals surface area contributed by atoms with Gasteiger partial charge in [-0.3, -0.25) is 4.79 Å². The SMILES string of the molecule is Cc1coc2cc3oc(=O)c(CCC(=O)N4CC[C@@]5(O)CCCC[C@H]5C4)c(C)c3cc12.